The number of hydrogen-bond acceptors (Lipinski definition) is 7. The van der Waals surface area contributed by atoms with E-state index in [1.54, 1.807) is 0 Å². The van der Waals surface area contributed by atoms with Crippen LogP contribution in [0.1, 0.15) is 76.3 Å². The highest BCUT2D eigenvalue weighted by Crippen LogP contribution is 2.67. The SMILES string of the molecule is C=C(C=CC=C(CO)C1CCC2(C1O)C1C(=C(C)C=O)C(C=CC1CCO)CC2(O)CCNC)C1Cc2cccc(c2)CC(C)NCC2=CC1CCC2. The van der Waals surface area contributed by atoms with Crippen LogP contribution in [0.2, 0.25) is 0 Å². The summed E-state index contributed by atoms with van der Waals surface area (Å²) >= 11 is 0. The highest BCUT2D eigenvalue weighted by atomic mass is 16.3. The van der Waals surface area contributed by atoms with E-state index in [1.807, 2.05) is 26.1 Å². The van der Waals surface area contributed by atoms with Crippen LogP contribution in [-0.2, 0) is 17.6 Å². The van der Waals surface area contributed by atoms with Crippen LogP contribution < -0.4 is 10.6 Å². The molecule has 1 spiro atoms. The largest absolute Gasteiger partial charge is 0.396 e. The lowest BCUT2D eigenvalue weighted by molar-refractivity contribution is -0.194. The molecule has 0 radical (unpaired) electrons. The summed E-state index contributed by atoms with van der Waals surface area (Å²) in [7, 11) is 1.87. The molecule has 1 aromatic carbocycles. The number of hydrogen-bond donors (Lipinski definition) is 6. The number of rotatable bonds is 11. The van der Waals surface area contributed by atoms with Gasteiger partial charge in [-0.2, -0.15) is 0 Å². The van der Waals surface area contributed by atoms with Crippen molar-refractivity contribution in [1.82, 2.24) is 10.6 Å². The van der Waals surface area contributed by atoms with E-state index in [1.165, 1.54) is 23.1 Å². The van der Waals surface area contributed by atoms with E-state index < -0.39 is 17.1 Å². The Kier molecular flexibility index (Phi) is 13.0. The van der Waals surface area contributed by atoms with Crippen molar-refractivity contribution in [3.8, 4) is 0 Å². The Balaban J connectivity index is 1.31. The molecule has 4 aliphatic carbocycles. The van der Waals surface area contributed by atoms with Crippen molar-refractivity contribution in [2.75, 3.05) is 33.4 Å². The van der Waals surface area contributed by atoms with Crippen molar-refractivity contribution in [1.29, 1.82) is 0 Å². The second-order valence-electron chi connectivity index (χ2n) is 17.0. The summed E-state index contributed by atoms with van der Waals surface area (Å²) in [5, 5.41) is 53.3. The number of allylic oxidation sites excluding steroid dienone is 9. The Morgan fingerprint density at radius 3 is 2.66 bits per heavy atom. The molecule has 10 atom stereocenters. The first-order valence-corrected chi connectivity index (χ1v) is 20.3. The van der Waals surface area contributed by atoms with Crippen molar-refractivity contribution in [2.45, 2.75) is 95.8 Å². The molecule has 2 saturated carbocycles. The van der Waals surface area contributed by atoms with Gasteiger partial charge in [-0.05, 0) is 138 Å². The van der Waals surface area contributed by atoms with Gasteiger partial charge in [-0.3, -0.25) is 4.79 Å². The molecule has 53 heavy (non-hydrogen) atoms. The van der Waals surface area contributed by atoms with E-state index in [9.17, 15) is 25.2 Å². The molecule has 1 aromatic rings. The fraction of sp³-hybridized carbons (Fsp3) is 0.587. The number of carbonyl (C=O) groups excluding carboxylic acids is 1. The fourth-order valence-electron chi connectivity index (χ4n) is 11.3. The zero-order valence-corrected chi connectivity index (χ0v) is 32.3. The van der Waals surface area contributed by atoms with Gasteiger partial charge in [0.25, 0.3) is 0 Å². The van der Waals surface area contributed by atoms with Crippen LogP contribution >= 0.6 is 0 Å². The van der Waals surface area contributed by atoms with Gasteiger partial charge in [0.1, 0.15) is 6.29 Å². The van der Waals surface area contributed by atoms with Gasteiger partial charge in [-0.15, -0.1) is 0 Å². The van der Waals surface area contributed by atoms with Crippen LogP contribution in [0.4, 0.5) is 0 Å². The maximum Gasteiger partial charge on any atom is 0.145 e. The Morgan fingerprint density at radius 1 is 1.13 bits per heavy atom. The molecule has 1 heterocycles. The van der Waals surface area contributed by atoms with E-state index in [2.05, 4.69) is 72.7 Å². The molecule has 5 aliphatic rings. The summed E-state index contributed by atoms with van der Waals surface area (Å²) in [6.07, 6.45) is 20.7. The third-order valence-corrected chi connectivity index (χ3v) is 13.8. The normalized spacial score (nSPS) is 36.9. The lowest BCUT2D eigenvalue weighted by Crippen LogP contribution is -2.65. The van der Waals surface area contributed by atoms with Crippen LogP contribution in [0.3, 0.4) is 0 Å². The molecule has 1 aliphatic heterocycles. The molecule has 0 saturated heterocycles. The van der Waals surface area contributed by atoms with Crippen molar-refractivity contribution in [3.63, 3.8) is 0 Å². The molecule has 0 amide bonds. The first-order chi connectivity index (χ1) is 25.6. The summed E-state index contributed by atoms with van der Waals surface area (Å²) in [5.74, 6) is -0.252. The summed E-state index contributed by atoms with van der Waals surface area (Å²) in [4.78, 5) is 12.3. The number of benzene rings is 1. The summed E-state index contributed by atoms with van der Waals surface area (Å²) in [6, 6.07) is 9.41. The molecule has 6 bridgehead atoms. The predicted molar refractivity (Wildman–Crippen MR) is 213 cm³/mol. The molecular formula is C46H64N2O5. The maximum atomic E-state index is 12.8. The quantitative estimate of drug-likeness (QED) is 0.0722. The molecule has 7 nitrogen and oxygen atoms in total. The number of aldehydes is 1. The monoisotopic (exact) mass is 724 g/mol. The summed E-state index contributed by atoms with van der Waals surface area (Å²) < 4.78 is 0. The van der Waals surface area contributed by atoms with Crippen molar-refractivity contribution in [3.05, 3.63) is 106 Å². The topological polar surface area (TPSA) is 122 Å². The van der Waals surface area contributed by atoms with E-state index in [-0.39, 0.29) is 42.8 Å². The number of fused-ring (bicyclic) bond motifs is 6. The Hall–Kier alpha value is -2.91. The molecule has 7 heteroatoms. The van der Waals surface area contributed by atoms with Gasteiger partial charge in [0.05, 0.1) is 18.3 Å². The first-order valence-electron chi connectivity index (χ1n) is 20.3. The molecule has 6 N–H and O–H groups in total. The van der Waals surface area contributed by atoms with Crippen LogP contribution in [0, 0.1) is 40.9 Å². The van der Waals surface area contributed by atoms with Crippen molar-refractivity contribution in [2.24, 2.45) is 40.9 Å². The van der Waals surface area contributed by atoms with Crippen LogP contribution in [0.5, 0.6) is 0 Å². The van der Waals surface area contributed by atoms with Crippen LogP contribution in [0.15, 0.2) is 95.2 Å². The maximum absolute atomic E-state index is 12.8. The minimum absolute atomic E-state index is 0.0227. The highest BCUT2D eigenvalue weighted by Gasteiger charge is 2.68. The first kappa shape index (κ1) is 39.8. The molecule has 2 fully saturated rings. The second-order valence-corrected chi connectivity index (χ2v) is 17.0. The van der Waals surface area contributed by atoms with Gasteiger partial charge >= 0.3 is 0 Å². The number of aliphatic hydroxyl groups is 4. The number of carbonyl (C=O) groups is 1. The predicted octanol–water partition coefficient (Wildman–Crippen LogP) is 5.95. The van der Waals surface area contributed by atoms with Gasteiger partial charge in [0, 0.05) is 36.4 Å². The highest BCUT2D eigenvalue weighted by molar-refractivity contribution is 5.74. The van der Waals surface area contributed by atoms with Gasteiger partial charge in [-0.1, -0.05) is 84.0 Å². The molecule has 0 aromatic heterocycles. The molecule has 288 valence electrons. The standard InChI is InChI=1S/C46H64N2O5/c1-30(41-25-34-10-6-9-33(23-34)22-32(3)48-27-35-11-7-12-37(41)24-35)8-5-13-39(29-51)40-16-18-46(44(40)52)43-36(17-21-49)14-15-38(42(43)31(2)28-50)26-45(46,53)19-20-47-4/h5-6,8-10,13-15,23-24,28,32,36-38,40-41,43-44,47-49,51-53H,1,7,11-12,16-22,25-27,29H2,2-4H3. The van der Waals surface area contributed by atoms with E-state index in [0.29, 0.717) is 56.2 Å². The zero-order chi connectivity index (χ0) is 37.8. The molecule has 10 unspecified atom stereocenters. The third-order valence-electron chi connectivity index (χ3n) is 13.8. The zero-order valence-electron chi connectivity index (χ0n) is 32.3. The Morgan fingerprint density at radius 2 is 1.92 bits per heavy atom. The van der Waals surface area contributed by atoms with Crippen molar-refractivity contribution >= 4 is 6.29 Å². The summed E-state index contributed by atoms with van der Waals surface area (Å²) in [6.45, 7) is 10.0. The second kappa shape index (κ2) is 17.3. The van der Waals surface area contributed by atoms with E-state index in [0.717, 1.165) is 55.2 Å². The number of nitrogens with one attached hydrogen (secondary N) is 2. The fourth-order valence-corrected chi connectivity index (χ4v) is 11.3. The Bertz CT molecular complexity index is 1640. The number of aliphatic hydroxyl groups excluding tert-OH is 3. The minimum Gasteiger partial charge on any atom is -0.396 e. The summed E-state index contributed by atoms with van der Waals surface area (Å²) in [5.41, 5.74) is 5.47. The van der Waals surface area contributed by atoms with Crippen LogP contribution in [-0.4, -0.2) is 77.8 Å². The van der Waals surface area contributed by atoms with Gasteiger partial charge in [0.15, 0.2) is 0 Å². The third kappa shape index (κ3) is 7.94. The smallest absolute Gasteiger partial charge is 0.145 e. The molecular weight excluding hydrogens is 661 g/mol. The van der Waals surface area contributed by atoms with Crippen LogP contribution in [0.25, 0.3) is 0 Å². The minimum atomic E-state index is -1.21. The lowest BCUT2D eigenvalue weighted by Gasteiger charge is -2.61. The van der Waals surface area contributed by atoms with E-state index in [4.69, 9.17) is 0 Å². The van der Waals surface area contributed by atoms with Gasteiger partial charge in [0.2, 0.25) is 0 Å². The lowest BCUT2D eigenvalue weighted by atomic mass is 9.45. The molecule has 6 rings (SSSR count). The van der Waals surface area contributed by atoms with E-state index >= 15 is 0 Å². The Labute approximate surface area is 317 Å². The average molecular weight is 725 g/mol. The van der Waals surface area contributed by atoms with Gasteiger partial charge in [-0.25, -0.2) is 0 Å². The average Bonchev–Trinajstić information content (AvgIpc) is 3.50. The van der Waals surface area contributed by atoms with Crippen molar-refractivity contribution < 1.29 is 25.2 Å². The van der Waals surface area contributed by atoms with Gasteiger partial charge < -0.3 is 31.1 Å².